The minimum Gasteiger partial charge on any atom is -0.494 e. The summed E-state index contributed by atoms with van der Waals surface area (Å²) in [7, 11) is 0. The quantitative estimate of drug-likeness (QED) is 0.224. The van der Waals surface area contributed by atoms with Gasteiger partial charge in [0.2, 0.25) is 0 Å². The summed E-state index contributed by atoms with van der Waals surface area (Å²) in [6.07, 6.45) is 14.1. The number of unbranched alkanes of at least 4 members (excludes halogenated alkanes) is 6. The van der Waals surface area contributed by atoms with Crippen molar-refractivity contribution in [1.29, 1.82) is 0 Å². The minimum absolute atomic E-state index is 0.236. The highest BCUT2D eigenvalue weighted by Crippen LogP contribution is 2.30. The molecule has 0 radical (unpaired) electrons. The van der Waals surface area contributed by atoms with Gasteiger partial charge in [0.05, 0.1) is 19.8 Å². The van der Waals surface area contributed by atoms with Crippen LogP contribution in [0, 0.1) is 11.8 Å². The molecule has 1 saturated heterocycles. The average molecular weight is 481 g/mol. The second kappa shape index (κ2) is 16.0. The van der Waals surface area contributed by atoms with E-state index in [9.17, 15) is 0 Å². The van der Waals surface area contributed by atoms with Gasteiger partial charge in [-0.3, -0.25) is 0 Å². The van der Waals surface area contributed by atoms with E-state index in [-0.39, 0.29) is 6.29 Å². The lowest BCUT2D eigenvalue weighted by Crippen LogP contribution is -2.27. The largest absolute Gasteiger partial charge is 0.494 e. The van der Waals surface area contributed by atoms with Crippen LogP contribution in [0.3, 0.4) is 0 Å². The average Bonchev–Trinajstić information content (AvgIpc) is 2.91. The summed E-state index contributed by atoms with van der Waals surface area (Å²) in [6.45, 7) is 9.24. The van der Waals surface area contributed by atoms with E-state index in [4.69, 9.17) is 14.2 Å². The van der Waals surface area contributed by atoms with Crippen molar-refractivity contribution in [3.63, 3.8) is 0 Å². The third kappa shape index (κ3) is 9.97. The zero-order valence-electron chi connectivity index (χ0n) is 22.5. The summed E-state index contributed by atoms with van der Waals surface area (Å²) in [5.41, 5.74) is 3.50. The van der Waals surface area contributed by atoms with Gasteiger partial charge in [-0.2, -0.15) is 0 Å². The molecule has 1 unspecified atom stereocenters. The molecule has 3 nitrogen and oxygen atoms in total. The second-order valence-corrected chi connectivity index (χ2v) is 10.4. The van der Waals surface area contributed by atoms with Crippen LogP contribution >= 0.6 is 0 Å². The van der Waals surface area contributed by atoms with Crippen molar-refractivity contribution in [2.75, 3.05) is 19.8 Å². The molecule has 0 spiro atoms. The topological polar surface area (TPSA) is 27.7 Å². The second-order valence-electron chi connectivity index (χ2n) is 10.4. The summed E-state index contributed by atoms with van der Waals surface area (Å²) in [6, 6.07) is 17.0. The maximum atomic E-state index is 6.08. The molecule has 1 aliphatic rings. The summed E-state index contributed by atoms with van der Waals surface area (Å²) in [4.78, 5) is 0. The molecule has 1 atom stereocenters. The number of ether oxygens (including phenoxy) is 3. The third-order valence-electron chi connectivity index (χ3n) is 7.36. The van der Waals surface area contributed by atoms with Crippen LogP contribution in [-0.4, -0.2) is 19.8 Å². The van der Waals surface area contributed by atoms with E-state index < -0.39 is 0 Å². The normalized spacial score (nSPS) is 18.9. The Balaban J connectivity index is 1.36. The summed E-state index contributed by atoms with van der Waals surface area (Å²) in [5.74, 6) is 2.27. The van der Waals surface area contributed by atoms with Crippen molar-refractivity contribution in [2.45, 2.75) is 97.7 Å². The fourth-order valence-electron chi connectivity index (χ4n) is 4.69. The Hall–Kier alpha value is -1.84. The molecule has 194 valence electrons. The highest BCUT2D eigenvalue weighted by molar-refractivity contribution is 5.64. The van der Waals surface area contributed by atoms with E-state index in [1.807, 2.05) is 0 Å². The first-order valence-electron chi connectivity index (χ1n) is 14.3. The molecular formula is C32H48O3. The van der Waals surface area contributed by atoms with Crippen molar-refractivity contribution >= 4 is 0 Å². The molecule has 0 aliphatic carbocycles. The van der Waals surface area contributed by atoms with Crippen molar-refractivity contribution in [3.05, 3.63) is 54.1 Å². The number of rotatable bonds is 16. The Labute approximate surface area is 214 Å². The van der Waals surface area contributed by atoms with E-state index in [1.54, 1.807) is 0 Å². The van der Waals surface area contributed by atoms with Gasteiger partial charge in [-0.15, -0.1) is 0 Å². The Morgan fingerprint density at radius 2 is 1.37 bits per heavy atom. The van der Waals surface area contributed by atoms with E-state index in [2.05, 4.69) is 69.3 Å². The number of hydrogen-bond acceptors (Lipinski definition) is 3. The molecular weight excluding hydrogens is 432 g/mol. The molecule has 0 saturated carbocycles. The molecule has 2 aromatic carbocycles. The van der Waals surface area contributed by atoms with Crippen molar-refractivity contribution in [1.82, 2.24) is 0 Å². The first-order chi connectivity index (χ1) is 17.2. The molecule has 1 aliphatic heterocycles. The Morgan fingerprint density at radius 1 is 0.771 bits per heavy atom. The van der Waals surface area contributed by atoms with Crippen LogP contribution in [0.1, 0.15) is 103 Å². The van der Waals surface area contributed by atoms with Gasteiger partial charge in [0, 0.05) is 11.5 Å². The zero-order chi connectivity index (χ0) is 24.7. The van der Waals surface area contributed by atoms with E-state index in [1.165, 1.54) is 75.3 Å². The van der Waals surface area contributed by atoms with Gasteiger partial charge in [0.15, 0.2) is 6.29 Å². The third-order valence-corrected chi connectivity index (χ3v) is 7.36. The van der Waals surface area contributed by atoms with Crippen molar-refractivity contribution in [2.24, 2.45) is 11.8 Å². The fraction of sp³-hybridized carbons (Fsp3) is 0.625. The highest BCUT2D eigenvalue weighted by atomic mass is 16.7. The molecule has 0 aromatic heterocycles. The molecule has 0 N–H and O–H groups in total. The summed E-state index contributed by atoms with van der Waals surface area (Å²) in [5, 5.41) is 0. The van der Waals surface area contributed by atoms with Crippen LogP contribution in [0.2, 0.25) is 0 Å². The molecule has 3 rings (SSSR count). The van der Waals surface area contributed by atoms with Gasteiger partial charge in [-0.05, 0) is 48.4 Å². The maximum Gasteiger partial charge on any atom is 0.183 e. The van der Waals surface area contributed by atoms with Crippen LogP contribution in [0.25, 0.3) is 11.1 Å². The minimum atomic E-state index is -0.236. The molecule has 1 heterocycles. The summed E-state index contributed by atoms with van der Waals surface area (Å²) >= 11 is 0. The molecule has 2 aromatic rings. The van der Waals surface area contributed by atoms with E-state index in [0.29, 0.717) is 5.92 Å². The lowest BCUT2D eigenvalue weighted by Gasteiger charge is -2.29. The highest BCUT2D eigenvalue weighted by Gasteiger charge is 2.23. The van der Waals surface area contributed by atoms with Gasteiger partial charge >= 0.3 is 0 Å². The number of benzene rings is 2. The van der Waals surface area contributed by atoms with Crippen LogP contribution in [-0.2, 0) is 9.47 Å². The van der Waals surface area contributed by atoms with Gasteiger partial charge in [0.1, 0.15) is 5.75 Å². The van der Waals surface area contributed by atoms with Crippen LogP contribution in [0.5, 0.6) is 5.75 Å². The first-order valence-corrected chi connectivity index (χ1v) is 14.3. The lowest BCUT2D eigenvalue weighted by atomic mass is 10.00. The Kier molecular flexibility index (Phi) is 12.7. The molecule has 3 heteroatoms. The smallest absolute Gasteiger partial charge is 0.183 e. The first kappa shape index (κ1) is 27.7. The van der Waals surface area contributed by atoms with Gasteiger partial charge in [0.25, 0.3) is 0 Å². The van der Waals surface area contributed by atoms with Crippen LogP contribution < -0.4 is 4.74 Å². The van der Waals surface area contributed by atoms with Crippen molar-refractivity contribution in [3.8, 4) is 16.9 Å². The lowest BCUT2D eigenvalue weighted by molar-refractivity contribution is -0.206. The Morgan fingerprint density at radius 3 is 2.00 bits per heavy atom. The standard InChI is InChI=1S/C32H48O3/c1-4-6-7-8-9-10-11-14-27-24-34-32(35-25-27)30-17-15-28(16-18-30)29-19-21-31(22-20-29)33-23-12-13-26(3)5-2/h15-22,26-27,32H,4-14,23-25H2,1-3H3. The summed E-state index contributed by atoms with van der Waals surface area (Å²) < 4.78 is 18.1. The van der Waals surface area contributed by atoms with Crippen LogP contribution in [0.4, 0.5) is 0 Å². The fourth-order valence-corrected chi connectivity index (χ4v) is 4.69. The predicted octanol–water partition coefficient (Wildman–Crippen LogP) is 9.36. The monoisotopic (exact) mass is 480 g/mol. The van der Waals surface area contributed by atoms with E-state index >= 15 is 0 Å². The van der Waals surface area contributed by atoms with Crippen molar-refractivity contribution < 1.29 is 14.2 Å². The molecule has 35 heavy (non-hydrogen) atoms. The number of hydrogen-bond donors (Lipinski definition) is 0. The molecule has 1 fully saturated rings. The van der Waals surface area contributed by atoms with E-state index in [0.717, 1.165) is 43.5 Å². The zero-order valence-corrected chi connectivity index (χ0v) is 22.5. The van der Waals surface area contributed by atoms with Crippen LogP contribution in [0.15, 0.2) is 48.5 Å². The van der Waals surface area contributed by atoms with Gasteiger partial charge in [-0.1, -0.05) is 109 Å². The predicted molar refractivity (Wildman–Crippen MR) is 147 cm³/mol. The van der Waals surface area contributed by atoms with Gasteiger partial charge in [-0.25, -0.2) is 0 Å². The molecule has 0 bridgehead atoms. The SMILES string of the molecule is CCCCCCCCCC1COC(c2ccc(-c3ccc(OCCCC(C)CC)cc3)cc2)OC1. The Bertz CT molecular complexity index is 791. The van der Waals surface area contributed by atoms with Gasteiger partial charge < -0.3 is 14.2 Å². The maximum absolute atomic E-state index is 6.08. The molecule has 0 amide bonds.